The molecule has 0 aromatic heterocycles. The van der Waals surface area contributed by atoms with Gasteiger partial charge in [0, 0.05) is 23.0 Å². The van der Waals surface area contributed by atoms with Gasteiger partial charge in [-0.25, -0.2) is 9.69 Å². The number of carbonyl (C=O) groups is 2. The Labute approximate surface area is 194 Å². The number of ether oxygens (including phenoxy) is 1. The maximum atomic E-state index is 13.3. The van der Waals surface area contributed by atoms with Gasteiger partial charge >= 0.3 is 13.7 Å². The van der Waals surface area contributed by atoms with Crippen molar-refractivity contribution in [3.63, 3.8) is 0 Å². The minimum absolute atomic E-state index is 0.153. The smallest absolute Gasteiger partial charge is 0.418 e. The van der Waals surface area contributed by atoms with Crippen molar-refractivity contribution in [2.75, 3.05) is 13.2 Å². The molecule has 1 aliphatic heterocycles. The molecule has 0 N–H and O–H groups in total. The molecule has 0 spiro atoms. The zero-order valence-electron chi connectivity index (χ0n) is 19.3. The second-order valence-electron chi connectivity index (χ2n) is 7.92. The highest BCUT2D eigenvalue weighted by Crippen LogP contribution is 2.50. The number of carbonyl (C=O) groups excluding carboxylic acids is 2. The zero-order chi connectivity index (χ0) is 24.1. The average Bonchev–Trinajstić information content (AvgIpc) is 3.13. The van der Waals surface area contributed by atoms with Crippen molar-refractivity contribution >= 4 is 19.6 Å². The van der Waals surface area contributed by atoms with Crippen molar-refractivity contribution in [1.29, 1.82) is 0 Å². The number of rotatable bonds is 9. The van der Waals surface area contributed by atoms with E-state index in [1.165, 1.54) is 0 Å². The fourth-order valence-electron chi connectivity index (χ4n) is 4.25. The summed E-state index contributed by atoms with van der Waals surface area (Å²) in [6.07, 6.45) is 0.313. The summed E-state index contributed by atoms with van der Waals surface area (Å²) in [6, 6.07) is 18.1. The van der Waals surface area contributed by atoms with Gasteiger partial charge in [-0.3, -0.25) is 9.36 Å². The first-order chi connectivity index (χ1) is 15.8. The van der Waals surface area contributed by atoms with E-state index >= 15 is 0 Å². The Balaban J connectivity index is 2.09. The highest BCUT2D eigenvalue weighted by atomic mass is 31.2. The molecule has 1 aliphatic rings. The summed E-state index contributed by atoms with van der Waals surface area (Å²) >= 11 is 0. The zero-order valence-corrected chi connectivity index (χ0v) is 20.2. The lowest BCUT2D eigenvalue weighted by Crippen LogP contribution is -2.49. The number of hydrogen-bond acceptors (Lipinski definition) is 6. The number of hydrogen-bond donors (Lipinski definition) is 0. The standard InChI is InChI=1S/C25H30NO6P/c1-5-30-33(29,31-6-2)18-17-22(27)26-23(19(3)4)25(32-24(26)28,20-13-9-7-10-14-20)21-15-11-8-12-16-21/h7-19,23H,5-6H2,1-4H3/b18-17+/t23-/m0/s1. The summed E-state index contributed by atoms with van der Waals surface area (Å²) in [7, 11) is -3.61. The number of amides is 2. The number of cyclic esters (lactones) is 1. The molecule has 176 valence electrons. The van der Waals surface area contributed by atoms with E-state index in [2.05, 4.69) is 0 Å². The molecule has 0 radical (unpaired) electrons. The minimum atomic E-state index is -3.61. The molecule has 2 aromatic carbocycles. The van der Waals surface area contributed by atoms with Crippen LogP contribution in [0.25, 0.3) is 0 Å². The molecule has 3 rings (SSSR count). The van der Waals surface area contributed by atoms with Crippen molar-refractivity contribution in [2.45, 2.75) is 39.3 Å². The third-order valence-corrected chi connectivity index (χ3v) is 7.18. The van der Waals surface area contributed by atoms with Crippen LogP contribution in [-0.4, -0.2) is 36.2 Å². The van der Waals surface area contributed by atoms with Gasteiger partial charge in [-0.2, -0.15) is 0 Å². The van der Waals surface area contributed by atoms with Gasteiger partial charge in [0.1, 0.15) is 0 Å². The van der Waals surface area contributed by atoms with Crippen LogP contribution >= 0.6 is 7.60 Å². The Morgan fingerprint density at radius 2 is 1.52 bits per heavy atom. The van der Waals surface area contributed by atoms with Crippen LogP contribution in [0.4, 0.5) is 4.79 Å². The average molecular weight is 471 g/mol. The van der Waals surface area contributed by atoms with Crippen LogP contribution in [0.1, 0.15) is 38.8 Å². The fraction of sp³-hybridized carbons (Fsp3) is 0.360. The topological polar surface area (TPSA) is 82.1 Å². The van der Waals surface area contributed by atoms with Gasteiger partial charge in [0.25, 0.3) is 5.91 Å². The Kier molecular flexibility index (Phi) is 7.90. The lowest BCUT2D eigenvalue weighted by atomic mass is 9.75. The summed E-state index contributed by atoms with van der Waals surface area (Å²) in [5, 5.41) is 0. The Morgan fingerprint density at radius 1 is 1.03 bits per heavy atom. The number of benzene rings is 2. The van der Waals surface area contributed by atoms with Crippen LogP contribution in [0.2, 0.25) is 0 Å². The summed E-state index contributed by atoms with van der Waals surface area (Å²) in [5.74, 6) is 0.310. The molecule has 1 heterocycles. The highest BCUT2D eigenvalue weighted by Gasteiger charge is 2.59. The van der Waals surface area contributed by atoms with E-state index in [-0.39, 0.29) is 19.1 Å². The van der Waals surface area contributed by atoms with Crippen molar-refractivity contribution in [3.8, 4) is 0 Å². The summed E-state index contributed by atoms with van der Waals surface area (Å²) < 4.78 is 29.3. The minimum Gasteiger partial charge on any atom is -0.430 e. The summed E-state index contributed by atoms with van der Waals surface area (Å²) in [6.45, 7) is 7.54. The third kappa shape index (κ3) is 4.96. The Morgan fingerprint density at radius 3 is 1.94 bits per heavy atom. The van der Waals surface area contributed by atoms with Crippen LogP contribution in [0.5, 0.6) is 0 Å². The molecular weight excluding hydrogens is 441 g/mol. The first-order valence-corrected chi connectivity index (χ1v) is 12.7. The maximum absolute atomic E-state index is 13.3. The van der Waals surface area contributed by atoms with Crippen molar-refractivity contribution < 1.29 is 27.9 Å². The van der Waals surface area contributed by atoms with E-state index in [9.17, 15) is 14.2 Å². The van der Waals surface area contributed by atoms with Crippen LogP contribution < -0.4 is 0 Å². The van der Waals surface area contributed by atoms with Gasteiger partial charge in [-0.15, -0.1) is 0 Å². The van der Waals surface area contributed by atoms with E-state index in [4.69, 9.17) is 13.8 Å². The maximum Gasteiger partial charge on any atom is 0.418 e. The summed E-state index contributed by atoms with van der Waals surface area (Å²) in [4.78, 5) is 27.6. The second-order valence-corrected chi connectivity index (χ2v) is 9.82. The highest BCUT2D eigenvalue weighted by molar-refractivity contribution is 7.57. The SMILES string of the molecule is CCOP(=O)(/C=C/C(=O)N1C(=O)OC(c2ccccc2)(c2ccccc2)[C@@H]1C(C)C)OCC. The van der Waals surface area contributed by atoms with Crippen molar-refractivity contribution in [2.24, 2.45) is 5.92 Å². The fourth-order valence-corrected chi connectivity index (χ4v) is 5.53. The van der Waals surface area contributed by atoms with Gasteiger partial charge in [-0.05, 0) is 19.8 Å². The normalized spacial score (nSPS) is 18.2. The molecule has 1 fully saturated rings. The molecule has 0 bridgehead atoms. The molecule has 0 aliphatic carbocycles. The molecule has 7 nitrogen and oxygen atoms in total. The van der Waals surface area contributed by atoms with E-state index in [1.54, 1.807) is 13.8 Å². The van der Waals surface area contributed by atoms with Gasteiger partial charge in [-0.1, -0.05) is 74.5 Å². The quantitative estimate of drug-likeness (QED) is 0.344. The van der Waals surface area contributed by atoms with E-state index in [0.717, 1.165) is 27.9 Å². The molecule has 0 saturated carbocycles. The number of nitrogens with zero attached hydrogens (tertiary/aromatic N) is 1. The Hall–Kier alpha value is -2.73. The summed E-state index contributed by atoms with van der Waals surface area (Å²) in [5.41, 5.74) is 0.328. The van der Waals surface area contributed by atoms with Crippen LogP contribution in [-0.2, 0) is 28.7 Å². The lowest BCUT2D eigenvalue weighted by molar-refractivity contribution is -0.125. The lowest BCUT2D eigenvalue weighted by Gasteiger charge is -2.37. The van der Waals surface area contributed by atoms with E-state index in [0.29, 0.717) is 0 Å². The van der Waals surface area contributed by atoms with Crippen LogP contribution in [0.3, 0.4) is 0 Å². The van der Waals surface area contributed by atoms with Gasteiger partial charge in [0.15, 0.2) is 5.60 Å². The molecule has 0 unspecified atom stereocenters. The van der Waals surface area contributed by atoms with Gasteiger partial charge < -0.3 is 13.8 Å². The first kappa shape index (κ1) is 24.9. The van der Waals surface area contributed by atoms with Gasteiger partial charge in [0.2, 0.25) is 0 Å². The van der Waals surface area contributed by atoms with Crippen molar-refractivity contribution in [1.82, 2.24) is 4.90 Å². The largest absolute Gasteiger partial charge is 0.430 e. The molecule has 2 amide bonds. The first-order valence-electron chi connectivity index (χ1n) is 11.0. The number of imide groups is 1. The van der Waals surface area contributed by atoms with Gasteiger partial charge in [0.05, 0.1) is 19.3 Å². The predicted molar refractivity (Wildman–Crippen MR) is 126 cm³/mol. The van der Waals surface area contributed by atoms with E-state index < -0.39 is 31.2 Å². The molecule has 8 heteroatoms. The molecular formula is C25H30NO6P. The molecule has 1 saturated heterocycles. The Bertz CT molecular complexity index is 988. The predicted octanol–water partition coefficient (Wildman–Crippen LogP) is 5.71. The monoisotopic (exact) mass is 471 g/mol. The van der Waals surface area contributed by atoms with Crippen LogP contribution in [0, 0.1) is 5.92 Å². The molecule has 2 aromatic rings. The third-order valence-electron chi connectivity index (χ3n) is 5.43. The van der Waals surface area contributed by atoms with Crippen molar-refractivity contribution in [3.05, 3.63) is 83.7 Å². The second kappa shape index (κ2) is 10.5. The van der Waals surface area contributed by atoms with E-state index in [1.807, 2.05) is 74.5 Å². The van der Waals surface area contributed by atoms with Crippen LogP contribution in [0.15, 0.2) is 72.6 Å². The molecule has 1 atom stereocenters. The molecule has 33 heavy (non-hydrogen) atoms.